The van der Waals surface area contributed by atoms with E-state index in [0.717, 1.165) is 57.6 Å². The van der Waals surface area contributed by atoms with Crippen LogP contribution in [0.15, 0.2) is 4.99 Å². The van der Waals surface area contributed by atoms with E-state index in [2.05, 4.69) is 35.6 Å². The van der Waals surface area contributed by atoms with Crippen molar-refractivity contribution in [1.82, 2.24) is 15.5 Å². The number of hydrogen-bond donors (Lipinski definition) is 2. The van der Waals surface area contributed by atoms with Crippen molar-refractivity contribution < 1.29 is 4.74 Å². The molecule has 2 fully saturated rings. The lowest BCUT2D eigenvalue weighted by Gasteiger charge is -2.34. The molecule has 0 unspecified atom stereocenters. The summed E-state index contributed by atoms with van der Waals surface area (Å²) in [5, 5.41) is 6.91. The van der Waals surface area contributed by atoms with Gasteiger partial charge in [0.25, 0.3) is 0 Å². The Balaban J connectivity index is 0.00000338. The molecule has 26 heavy (non-hydrogen) atoms. The summed E-state index contributed by atoms with van der Waals surface area (Å²) in [7, 11) is 0. The van der Waals surface area contributed by atoms with E-state index in [0.29, 0.717) is 0 Å². The van der Waals surface area contributed by atoms with E-state index in [1.807, 2.05) is 11.8 Å². The van der Waals surface area contributed by atoms with Crippen molar-refractivity contribution in [3.8, 4) is 0 Å². The third-order valence-corrected chi connectivity index (χ3v) is 6.93. The van der Waals surface area contributed by atoms with Gasteiger partial charge in [-0.1, -0.05) is 6.92 Å². The third-order valence-electron chi connectivity index (χ3n) is 5.53. The van der Waals surface area contributed by atoms with Gasteiger partial charge >= 0.3 is 0 Å². The van der Waals surface area contributed by atoms with E-state index >= 15 is 0 Å². The molecule has 2 N–H and O–H groups in total. The quantitative estimate of drug-likeness (QED) is 0.233. The van der Waals surface area contributed by atoms with Gasteiger partial charge in [0.1, 0.15) is 0 Å². The van der Waals surface area contributed by atoms with E-state index in [4.69, 9.17) is 9.73 Å². The molecule has 0 atom stereocenters. The molecule has 0 spiro atoms. The SMILES string of the molecule is CCNC(=NCC1(SC)CCOCC1)NCCCN1CCC(C)CC1.I. The lowest BCUT2D eigenvalue weighted by atomic mass is 9.99. The van der Waals surface area contributed by atoms with Crippen molar-refractivity contribution in [2.24, 2.45) is 10.9 Å². The first-order chi connectivity index (χ1) is 12.2. The van der Waals surface area contributed by atoms with Gasteiger partial charge in [-0.15, -0.1) is 24.0 Å². The highest BCUT2D eigenvalue weighted by Crippen LogP contribution is 2.33. The van der Waals surface area contributed by atoms with E-state index < -0.39 is 0 Å². The lowest BCUT2D eigenvalue weighted by molar-refractivity contribution is 0.0794. The number of nitrogens with one attached hydrogen (secondary N) is 2. The Morgan fingerprint density at radius 1 is 1.23 bits per heavy atom. The molecule has 0 saturated carbocycles. The van der Waals surface area contributed by atoms with Crippen LogP contribution in [0, 0.1) is 5.92 Å². The minimum Gasteiger partial charge on any atom is -0.381 e. The number of nitrogens with zero attached hydrogens (tertiary/aromatic N) is 2. The summed E-state index contributed by atoms with van der Waals surface area (Å²) in [6.45, 7) is 12.8. The highest BCUT2D eigenvalue weighted by molar-refractivity contribution is 14.0. The van der Waals surface area contributed by atoms with Crippen molar-refractivity contribution in [2.45, 2.75) is 50.7 Å². The van der Waals surface area contributed by atoms with Gasteiger partial charge in [0.05, 0.1) is 6.54 Å². The fourth-order valence-corrected chi connectivity index (χ4v) is 4.30. The first-order valence-corrected chi connectivity index (χ1v) is 11.3. The number of halogens is 1. The van der Waals surface area contributed by atoms with Crippen molar-refractivity contribution in [2.75, 3.05) is 58.7 Å². The second-order valence-electron chi connectivity index (χ2n) is 7.50. The first-order valence-electron chi connectivity index (χ1n) is 10.0. The van der Waals surface area contributed by atoms with Crippen LogP contribution in [-0.4, -0.2) is 74.3 Å². The fourth-order valence-electron chi connectivity index (χ4n) is 3.53. The zero-order chi connectivity index (χ0) is 18.0. The van der Waals surface area contributed by atoms with E-state index in [9.17, 15) is 0 Å². The zero-order valence-corrected chi connectivity index (χ0v) is 20.0. The molecule has 0 amide bonds. The molecule has 7 heteroatoms. The first kappa shape index (κ1) is 24.3. The highest BCUT2D eigenvalue weighted by atomic mass is 127. The van der Waals surface area contributed by atoms with Crippen molar-refractivity contribution >= 4 is 41.7 Å². The number of likely N-dealkylation sites (tertiary alicyclic amines) is 1. The van der Waals surface area contributed by atoms with Gasteiger partial charge in [0.2, 0.25) is 0 Å². The molecule has 2 heterocycles. The summed E-state index contributed by atoms with van der Waals surface area (Å²) in [5.41, 5.74) is 0. The molecular formula is C19H39IN4OS. The maximum absolute atomic E-state index is 5.53. The Morgan fingerprint density at radius 2 is 1.92 bits per heavy atom. The second kappa shape index (κ2) is 13.4. The standard InChI is InChI=1S/C19H38N4OS.HI/c1-4-20-18(22-16-19(25-3)8-14-24-15-9-19)21-10-5-11-23-12-6-17(2)7-13-23;/h17H,4-16H2,1-3H3,(H2,20,21,22);1H. The number of aliphatic imine (C=N–C) groups is 1. The molecule has 154 valence electrons. The summed E-state index contributed by atoms with van der Waals surface area (Å²) in [6, 6.07) is 0. The molecule has 5 nitrogen and oxygen atoms in total. The summed E-state index contributed by atoms with van der Waals surface area (Å²) in [5.74, 6) is 1.88. The lowest BCUT2D eigenvalue weighted by Crippen LogP contribution is -2.42. The summed E-state index contributed by atoms with van der Waals surface area (Å²) in [4.78, 5) is 7.49. The topological polar surface area (TPSA) is 48.9 Å². The van der Waals surface area contributed by atoms with E-state index in [-0.39, 0.29) is 28.7 Å². The minimum absolute atomic E-state index is 0. The normalized spacial score (nSPS) is 21.9. The molecule has 0 aromatic rings. The van der Waals surface area contributed by atoms with Gasteiger partial charge in [-0.05, 0) is 70.8 Å². The van der Waals surface area contributed by atoms with Crippen molar-refractivity contribution in [1.29, 1.82) is 0 Å². The third kappa shape index (κ3) is 8.52. The number of thioether (sulfide) groups is 1. The molecule has 0 aromatic heterocycles. The molecular weight excluding hydrogens is 459 g/mol. The van der Waals surface area contributed by atoms with Gasteiger partial charge in [0, 0.05) is 31.1 Å². The maximum Gasteiger partial charge on any atom is 0.191 e. The summed E-state index contributed by atoms with van der Waals surface area (Å²) >= 11 is 1.95. The summed E-state index contributed by atoms with van der Waals surface area (Å²) in [6.07, 6.45) is 8.31. The van der Waals surface area contributed by atoms with Crippen LogP contribution < -0.4 is 10.6 Å². The number of rotatable bonds is 8. The number of guanidine groups is 1. The second-order valence-corrected chi connectivity index (χ2v) is 8.77. The smallest absolute Gasteiger partial charge is 0.191 e. The molecule has 0 radical (unpaired) electrons. The molecule has 2 saturated heterocycles. The Morgan fingerprint density at radius 3 is 2.54 bits per heavy atom. The predicted octanol–water partition coefficient (Wildman–Crippen LogP) is 3.19. The van der Waals surface area contributed by atoms with Gasteiger partial charge < -0.3 is 20.3 Å². The van der Waals surface area contributed by atoms with Crippen LogP contribution in [0.5, 0.6) is 0 Å². The predicted molar refractivity (Wildman–Crippen MR) is 125 cm³/mol. The Labute approximate surface area is 181 Å². The molecule has 2 rings (SSSR count). The minimum atomic E-state index is 0. The van der Waals surface area contributed by atoms with Crippen molar-refractivity contribution in [3.63, 3.8) is 0 Å². The molecule has 0 bridgehead atoms. The van der Waals surface area contributed by atoms with Crippen LogP contribution in [0.2, 0.25) is 0 Å². The van der Waals surface area contributed by atoms with Crippen LogP contribution in [0.25, 0.3) is 0 Å². The monoisotopic (exact) mass is 498 g/mol. The molecule has 2 aliphatic heterocycles. The van der Waals surface area contributed by atoms with E-state index in [1.165, 1.54) is 38.9 Å². The molecule has 0 aliphatic carbocycles. The van der Waals surface area contributed by atoms with Crippen LogP contribution in [0.1, 0.15) is 46.0 Å². The van der Waals surface area contributed by atoms with Crippen LogP contribution >= 0.6 is 35.7 Å². The largest absolute Gasteiger partial charge is 0.381 e. The average molecular weight is 499 g/mol. The Kier molecular flexibility index (Phi) is 12.6. The van der Waals surface area contributed by atoms with Gasteiger partial charge in [-0.3, -0.25) is 4.99 Å². The van der Waals surface area contributed by atoms with Crippen LogP contribution in [-0.2, 0) is 4.74 Å². The molecule has 0 aromatic carbocycles. The number of hydrogen-bond acceptors (Lipinski definition) is 4. The van der Waals surface area contributed by atoms with Crippen molar-refractivity contribution in [3.05, 3.63) is 0 Å². The molecule has 2 aliphatic rings. The fraction of sp³-hybridized carbons (Fsp3) is 0.947. The zero-order valence-electron chi connectivity index (χ0n) is 16.9. The van der Waals surface area contributed by atoms with Crippen LogP contribution in [0.3, 0.4) is 0 Å². The number of ether oxygens (including phenoxy) is 1. The average Bonchev–Trinajstić information content (AvgIpc) is 2.65. The van der Waals surface area contributed by atoms with Gasteiger partial charge in [-0.2, -0.15) is 11.8 Å². The summed E-state index contributed by atoms with van der Waals surface area (Å²) < 4.78 is 5.78. The highest BCUT2D eigenvalue weighted by Gasteiger charge is 2.31. The van der Waals surface area contributed by atoms with Crippen LogP contribution in [0.4, 0.5) is 0 Å². The maximum atomic E-state index is 5.53. The Hall–Kier alpha value is 0.270. The van der Waals surface area contributed by atoms with Gasteiger partial charge in [-0.25, -0.2) is 0 Å². The Bertz CT molecular complexity index is 397. The number of piperidine rings is 1. The van der Waals surface area contributed by atoms with E-state index in [1.54, 1.807) is 0 Å². The van der Waals surface area contributed by atoms with Gasteiger partial charge in [0.15, 0.2) is 5.96 Å².